The number of carbonyl (C=O) groups is 1. The number of carbonyl (C=O) groups excluding carboxylic acids is 1. The average Bonchev–Trinajstić information content (AvgIpc) is 2.38. The zero-order valence-electron chi connectivity index (χ0n) is 11.9. The molecular formula is C15H22N2O2. The van der Waals surface area contributed by atoms with Gasteiger partial charge in [-0.2, -0.15) is 0 Å². The Morgan fingerprint density at radius 2 is 1.84 bits per heavy atom. The molecular weight excluding hydrogens is 240 g/mol. The monoisotopic (exact) mass is 262 g/mol. The van der Waals surface area contributed by atoms with E-state index in [1.807, 2.05) is 23.1 Å². The molecule has 1 aromatic carbocycles. The Morgan fingerprint density at radius 3 is 2.42 bits per heavy atom. The van der Waals surface area contributed by atoms with Gasteiger partial charge < -0.3 is 14.9 Å². The molecule has 0 atom stereocenters. The summed E-state index contributed by atoms with van der Waals surface area (Å²) >= 11 is 0. The molecule has 104 valence electrons. The lowest BCUT2D eigenvalue weighted by molar-refractivity contribution is 0.0661. The highest BCUT2D eigenvalue weighted by Gasteiger charge is 2.22. The minimum Gasteiger partial charge on any atom is -0.386 e. The van der Waals surface area contributed by atoms with E-state index in [9.17, 15) is 9.90 Å². The maximum Gasteiger partial charge on any atom is 0.253 e. The zero-order valence-corrected chi connectivity index (χ0v) is 11.9. The van der Waals surface area contributed by atoms with Crippen LogP contribution in [0.25, 0.3) is 0 Å². The first kappa shape index (κ1) is 14.0. The molecule has 0 aliphatic carbocycles. The van der Waals surface area contributed by atoms with Gasteiger partial charge in [-0.05, 0) is 38.6 Å². The van der Waals surface area contributed by atoms with Crippen LogP contribution in [0.5, 0.6) is 0 Å². The van der Waals surface area contributed by atoms with Gasteiger partial charge in [0, 0.05) is 31.7 Å². The standard InChI is InChI=1S/C15H22N2O2/c1-15(2,19)13-6-4-5-12(11-13)14(18)17-9-7-16(3)8-10-17/h4-6,11,19H,7-10H2,1-3H3. The van der Waals surface area contributed by atoms with Crippen LogP contribution in [0.3, 0.4) is 0 Å². The molecule has 4 heteroatoms. The van der Waals surface area contributed by atoms with Crippen molar-refractivity contribution in [1.82, 2.24) is 9.80 Å². The predicted octanol–water partition coefficient (Wildman–Crippen LogP) is 1.30. The van der Waals surface area contributed by atoms with E-state index >= 15 is 0 Å². The van der Waals surface area contributed by atoms with Crippen LogP contribution in [0.1, 0.15) is 29.8 Å². The predicted molar refractivity (Wildman–Crippen MR) is 75.1 cm³/mol. The van der Waals surface area contributed by atoms with Crippen LogP contribution < -0.4 is 0 Å². The molecule has 4 nitrogen and oxygen atoms in total. The molecule has 1 aromatic rings. The minimum atomic E-state index is -0.918. The van der Waals surface area contributed by atoms with Crippen molar-refractivity contribution in [3.8, 4) is 0 Å². The molecule has 0 radical (unpaired) electrons. The minimum absolute atomic E-state index is 0.0548. The van der Waals surface area contributed by atoms with Gasteiger partial charge in [-0.3, -0.25) is 4.79 Å². The number of rotatable bonds is 2. The van der Waals surface area contributed by atoms with Crippen molar-refractivity contribution in [2.45, 2.75) is 19.4 Å². The second-order valence-corrected chi connectivity index (χ2v) is 5.74. The molecule has 1 fully saturated rings. The Balaban J connectivity index is 2.15. The van der Waals surface area contributed by atoms with Gasteiger partial charge in [0.05, 0.1) is 5.60 Å². The van der Waals surface area contributed by atoms with Crippen molar-refractivity contribution >= 4 is 5.91 Å². The molecule has 2 rings (SSSR count). The first-order chi connectivity index (χ1) is 8.88. The quantitative estimate of drug-likeness (QED) is 0.873. The molecule has 1 heterocycles. The molecule has 0 unspecified atom stereocenters. The molecule has 1 saturated heterocycles. The Labute approximate surface area is 114 Å². The Hall–Kier alpha value is -1.39. The van der Waals surface area contributed by atoms with Gasteiger partial charge in [0.1, 0.15) is 0 Å². The molecule has 0 bridgehead atoms. The summed E-state index contributed by atoms with van der Waals surface area (Å²) in [4.78, 5) is 16.5. The maximum atomic E-state index is 12.4. The Kier molecular flexibility index (Phi) is 3.92. The summed E-state index contributed by atoms with van der Waals surface area (Å²) < 4.78 is 0. The number of hydrogen-bond acceptors (Lipinski definition) is 3. The van der Waals surface area contributed by atoms with Gasteiger partial charge in [0.25, 0.3) is 5.91 Å². The average molecular weight is 262 g/mol. The van der Waals surface area contributed by atoms with Crippen molar-refractivity contribution in [1.29, 1.82) is 0 Å². The van der Waals surface area contributed by atoms with E-state index in [1.165, 1.54) is 0 Å². The number of amides is 1. The van der Waals surface area contributed by atoms with Gasteiger partial charge in [0.15, 0.2) is 0 Å². The fourth-order valence-electron chi connectivity index (χ4n) is 2.22. The van der Waals surface area contributed by atoms with E-state index in [0.717, 1.165) is 31.7 Å². The summed E-state index contributed by atoms with van der Waals surface area (Å²) in [5, 5.41) is 10.0. The molecule has 0 spiro atoms. The number of piperazine rings is 1. The number of hydrogen-bond donors (Lipinski definition) is 1. The van der Waals surface area contributed by atoms with Crippen molar-refractivity contribution < 1.29 is 9.90 Å². The molecule has 1 aliphatic heterocycles. The van der Waals surface area contributed by atoms with Crippen molar-refractivity contribution in [3.63, 3.8) is 0 Å². The molecule has 0 saturated carbocycles. The highest BCUT2D eigenvalue weighted by molar-refractivity contribution is 5.94. The Bertz CT molecular complexity index is 457. The van der Waals surface area contributed by atoms with Crippen molar-refractivity contribution in [3.05, 3.63) is 35.4 Å². The lowest BCUT2D eigenvalue weighted by Gasteiger charge is -2.32. The second kappa shape index (κ2) is 5.31. The van der Waals surface area contributed by atoms with E-state index in [1.54, 1.807) is 19.9 Å². The third kappa shape index (κ3) is 3.33. The van der Waals surface area contributed by atoms with Gasteiger partial charge in [0.2, 0.25) is 0 Å². The first-order valence-electron chi connectivity index (χ1n) is 6.68. The van der Waals surface area contributed by atoms with Crippen LogP contribution in [0.2, 0.25) is 0 Å². The fourth-order valence-corrected chi connectivity index (χ4v) is 2.22. The SMILES string of the molecule is CN1CCN(C(=O)c2cccc(C(C)(C)O)c2)CC1. The number of benzene rings is 1. The fraction of sp³-hybridized carbons (Fsp3) is 0.533. The second-order valence-electron chi connectivity index (χ2n) is 5.74. The van der Waals surface area contributed by atoms with Crippen LogP contribution in [-0.4, -0.2) is 54.0 Å². The molecule has 1 amide bonds. The lowest BCUT2D eigenvalue weighted by Crippen LogP contribution is -2.47. The summed E-state index contributed by atoms with van der Waals surface area (Å²) in [7, 11) is 2.07. The third-order valence-electron chi connectivity index (χ3n) is 3.61. The van der Waals surface area contributed by atoms with Crippen molar-refractivity contribution in [2.75, 3.05) is 33.2 Å². The summed E-state index contributed by atoms with van der Waals surface area (Å²) in [6.45, 7) is 6.82. The largest absolute Gasteiger partial charge is 0.386 e. The van der Waals surface area contributed by atoms with Crippen LogP contribution >= 0.6 is 0 Å². The summed E-state index contributed by atoms with van der Waals surface area (Å²) in [6, 6.07) is 7.29. The van der Waals surface area contributed by atoms with Gasteiger partial charge in [-0.1, -0.05) is 12.1 Å². The van der Waals surface area contributed by atoms with E-state index < -0.39 is 5.60 Å². The lowest BCUT2D eigenvalue weighted by atomic mass is 9.96. The van der Waals surface area contributed by atoms with Crippen LogP contribution in [0.15, 0.2) is 24.3 Å². The number of nitrogens with zero attached hydrogens (tertiary/aromatic N) is 2. The van der Waals surface area contributed by atoms with Crippen molar-refractivity contribution in [2.24, 2.45) is 0 Å². The van der Waals surface area contributed by atoms with Crippen LogP contribution in [0.4, 0.5) is 0 Å². The Morgan fingerprint density at radius 1 is 1.21 bits per heavy atom. The van der Waals surface area contributed by atoms with Crippen LogP contribution in [0, 0.1) is 0 Å². The maximum absolute atomic E-state index is 12.4. The molecule has 0 aromatic heterocycles. The highest BCUT2D eigenvalue weighted by atomic mass is 16.3. The van der Waals surface area contributed by atoms with Crippen LogP contribution in [-0.2, 0) is 5.60 Å². The van der Waals surface area contributed by atoms with E-state index in [-0.39, 0.29) is 5.91 Å². The smallest absolute Gasteiger partial charge is 0.253 e. The molecule has 1 N–H and O–H groups in total. The summed E-state index contributed by atoms with van der Waals surface area (Å²) in [5.41, 5.74) is 0.509. The van der Waals surface area contributed by atoms with E-state index in [4.69, 9.17) is 0 Å². The number of aliphatic hydroxyl groups is 1. The van der Waals surface area contributed by atoms with Gasteiger partial charge >= 0.3 is 0 Å². The highest BCUT2D eigenvalue weighted by Crippen LogP contribution is 2.21. The topological polar surface area (TPSA) is 43.8 Å². The van der Waals surface area contributed by atoms with E-state index in [2.05, 4.69) is 11.9 Å². The summed E-state index contributed by atoms with van der Waals surface area (Å²) in [6.07, 6.45) is 0. The number of likely N-dealkylation sites (N-methyl/N-ethyl adjacent to an activating group) is 1. The van der Waals surface area contributed by atoms with Gasteiger partial charge in [-0.15, -0.1) is 0 Å². The normalized spacial score (nSPS) is 17.6. The molecule has 19 heavy (non-hydrogen) atoms. The molecule has 1 aliphatic rings. The van der Waals surface area contributed by atoms with E-state index in [0.29, 0.717) is 5.56 Å². The summed E-state index contributed by atoms with van der Waals surface area (Å²) in [5.74, 6) is 0.0548. The first-order valence-corrected chi connectivity index (χ1v) is 6.68. The van der Waals surface area contributed by atoms with Gasteiger partial charge in [-0.25, -0.2) is 0 Å². The zero-order chi connectivity index (χ0) is 14.0. The third-order valence-corrected chi connectivity index (χ3v) is 3.61.